The zero-order valence-corrected chi connectivity index (χ0v) is 29.2. The van der Waals surface area contributed by atoms with Gasteiger partial charge in [0.1, 0.15) is 22.0 Å². The zero-order valence-electron chi connectivity index (χ0n) is 28.4. The molecule has 6 heterocycles. The van der Waals surface area contributed by atoms with Gasteiger partial charge in [0.2, 0.25) is 0 Å². The van der Waals surface area contributed by atoms with Gasteiger partial charge in [0.15, 0.2) is 0 Å². The summed E-state index contributed by atoms with van der Waals surface area (Å²) in [5.74, 6) is -0.114. The SMILES string of the molecule is C[C@@H]1CN(c2ccc(Nc3cc(-c4cc(F)cc(-n5ncc6c7c(sc6c5=O)CCCC7)c4CO)cn(C)c3=O)nc2)[C@@H](C)CN1C1COC1. The van der Waals surface area contributed by atoms with E-state index in [1.54, 1.807) is 25.5 Å². The Morgan fingerprint density at radius 1 is 1.04 bits per heavy atom. The first kappa shape index (κ1) is 32.8. The van der Waals surface area contributed by atoms with Crippen LogP contribution in [0.2, 0.25) is 0 Å². The van der Waals surface area contributed by atoms with Crippen molar-refractivity contribution in [2.75, 3.05) is 36.5 Å². The third-order valence-electron chi connectivity index (χ3n) is 10.4. The molecule has 2 aliphatic heterocycles. The van der Waals surface area contributed by atoms with E-state index in [0.717, 1.165) is 63.1 Å². The maximum absolute atomic E-state index is 15.4. The number of pyridine rings is 2. The summed E-state index contributed by atoms with van der Waals surface area (Å²) in [6.07, 6.45) is 9.12. The van der Waals surface area contributed by atoms with Crippen LogP contribution in [0.1, 0.15) is 42.7 Å². The number of hydrogen-bond donors (Lipinski definition) is 2. The number of aliphatic hydroxyl groups excluding tert-OH is 1. The van der Waals surface area contributed by atoms with E-state index in [0.29, 0.717) is 45.3 Å². The van der Waals surface area contributed by atoms with Crippen molar-refractivity contribution in [2.45, 2.75) is 64.3 Å². The summed E-state index contributed by atoms with van der Waals surface area (Å²) in [4.78, 5) is 37.8. The number of halogens is 1. The van der Waals surface area contributed by atoms with Crippen LogP contribution in [0, 0.1) is 5.82 Å². The van der Waals surface area contributed by atoms with Gasteiger partial charge in [-0.05, 0) is 74.9 Å². The lowest BCUT2D eigenvalue weighted by Gasteiger charge is -2.50. The highest BCUT2D eigenvalue weighted by molar-refractivity contribution is 7.19. The minimum Gasteiger partial charge on any atom is -0.392 e. The Morgan fingerprint density at radius 3 is 2.60 bits per heavy atom. The minimum absolute atomic E-state index is 0.159. The molecule has 11 nitrogen and oxygen atoms in total. The van der Waals surface area contributed by atoms with Gasteiger partial charge in [0.05, 0.1) is 49.6 Å². The van der Waals surface area contributed by atoms with Gasteiger partial charge in [-0.25, -0.2) is 9.37 Å². The van der Waals surface area contributed by atoms with Crippen LogP contribution in [-0.4, -0.2) is 73.8 Å². The summed E-state index contributed by atoms with van der Waals surface area (Å²) in [5.41, 5.74) is 3.09. The van der Waals surface area contributed by atoms with Crippen molar-refractivity contribution < 1.29 is 14.2 Å². The Hall–Kier alpha value is -4.43. The van der Waals surface area contributed by atoms with E-state index in [2.05, 4.69) is 39.0 Å². The van der Waals surface area contributed by atoms with E-state index in [4.69, 9.17) is 4.74 Å². The number of aryl methyl sites for hydroxylation is 3. The first-order valence-electron chi connectivity index (χ1n) is 17.2. The summed E-state index contributed by atoms with van der Waals surface area (Å²) in [7, 11) is 1.61. The minimum atomic E-state index is -0.600. The molecule has 5 aromatic rings. The lowest BCUT2D eigenvalue weighted by atomic mass is 9.97. The molecule has 8 rings (SSSR count). The molecule has 0 saturated carbocycles. The topological polar surface area (TPSA) is 118 Å². The molecule has 3 aliphatic rings. The average Bonchev–Trinajstić information content (AvgIpc) is 3.47. The zero-order chi connectivity index (χ0) is 34.7. The molecular formula is C37H40FN7O4S. The molecule has 0 radical (unpaired) electrons. The number of piperazine rings is 1. The summed E-state index contributed by atoms with van der Waals surface area (Å²) in [5, 5.41) is 19.1. The van der Waals surface area contributed by atoms with Crippen LogP contribution in [0.4, 0.5) is 21.6 Å². The van der Waals surface area contributed by atoms with Gasteiger partial charge in [0.25, 0.3) is 11.1 Å². The number of benzene rings is 1. The molecule has 2 N–H and O–H groups in total. The molecule has 1 aromatic carbocycles. The number of fused-ring (bicyclic) bond motifs is 3. The Balaban J connectivity index is 1.10. The second kappa shape index (κ2) is 13.0. The molecule has 0 bridgehead atoms. The van der Waals surface area contributed by atoms with E-state index in [1.165, 1.54) is 43.2 Å². The van der Waals surface area contributed by atoms with E-state index in [-0.39, 0.29) is 22.5 Å². The predicted molar refractivity (Wildman–Crippen MR) is 194 cm³/mol. The molecule has 13 heteroatoms. The first-order chi connectivity index (χ1) is 24.2. The van der Waals surface area contributed by atoms with Crippen molar-refractivity contribution in [2.24, 2.45) is 7.05 Å². The van der Waals surface area contributed by atoms with E-state index < -0.39 is 12.4 Å². The molecule has 50 heavy (non-hydrogen) atoms. The quantitative estimate of drug-likeness (QED) is 0.248. The van der Waals surface area contributed by atoms with E-state index in [9.17, 15) is 14.7 Å². The lowest BCUT2D eigenvalue weighted by molar-refractivity contribution is -0.0828. The number of nitrogens with zero attached hydrogens (tertiary/aromatic N) is 6. The van der Waals surface area contributed by atoms with Gasteiger partial charge in [-0.15, -0.1) is 11.3 Å². The van der Waals surface area contributed by atoms with E-state index in [1.807, 2.05) is 18.3 Å². The molecule has 0 unspecified atom stereocenters. The van der Waals surface area contributed by atoms with Crippen LogP contribution in [-0.2, 0) is 31.2 Å². The molecule has 0 spiro atoms. The number of thiophene rings is 1. The Labute approximate surface area is 292 Å². The summed E-state index contributed by atoms with van der Waals surface area (Å²) >= 11 is 1.48. The number of nitrogens with one attached hydrogen (secondary N) is 1. The highest BCUT2D eigenvalue weighted by Crippen LogP contribution is 2.36. The van der Waals surface area contributed by atoms with Crippen LogP contribution in [0.25, 0.3) is 26.9 Å². The number of aliphatic hydroxyl groups is 1. The van der Waals surface area contributed by atoms with E-state index >= 15 is 4.39 Å². The Morgan fingerprint density at radius 2 is 1.86 bits per heavy atom. The monoisotopic (exact) mass is 697 g/mol. The van der Waals surface area contributed by atoms with Crippen molar-refractivity contribution in [1.29, 1.82) is 0 Å². The third kappa shape index (κ3) is 5.71. The predicted octanol–water partition coefficient (Wildman–Crippen LogP) is 4.76. The smallest absolute Gasteiger partial charge is 0.289 e. The van der Waals surface area contributed by atoms with Crippen LogP contribution in [0.15, 0.2) is 58.5 Å². The molecular weight excluding hydrogens is 658 g/mol. The number of aromatic nitrogens is 4. The molecule has 260 valence electrons. The van der Waals surface area contributed by atoms with Gasteiger partial charge in [-0.2, -0.15) is 9.78 Å². The highest BCUT2D eigenvalue weighted by atomic mass is 32.1. The van der Waals surface area contributed by atoms with Crippen LogP contribution in [0.5, 0.6) is 0 Å². The van der Waals surface area contributed by atoms with Crippen molar-refractivity contribution in [3.8, 4) is 16.8 Å². The number of hydrogen-bond acceptors (Lipinski definition) is 10. The molecule has 2 saturated heterocycles. The summed E-state index contributed by atoms with van der Waals surface area (Å²) in [6, 6.07) is 9.17. The van der Waals surface area contributed by atoms with Crippen LogP contribution < -0.4 is 21.3 Å². The lowest BCUT2D eigenvalue weighted by Crippen LogP contribution is -2.63. The second-order valence-corrected chi connectivity index (χ2v) is 14.9. The van der Waals surface area contributed by atoms with Gasteiger partial charge in [-0.3, -0.25) is 14.5 Å². The molecule has 0 amide bonds. The third-order valence-corrected chi connectivity index (χ3v) is 11.7. The Bertz CT molecular complexity index is 2210. The average molecular weight is 698 g/mol. The Kier molecular flexibility index (Phi) is 8.54. The van der Waals surface area contributed by atoms with Crippen LogP contribution in [0.3, 0.4) is 0 Å². The summed E-state index contributed by atoms with van der Waals surface area (Å²) < 4.78 is 24.0. The standard InChI is InChI=1S/C37H40FN7O4S/c1-21-16-44(26-19-49-20-26)22(2)15-43(21)25-8-9-34(39-13-25)41-31-10-23(17-42(3)36(31)47)28-11-24(38)12-32(30(28)18-46)45-37(48)35-29(14-40-45)27-6-4-5-7-33(27)50-35/h8-14,17,21-22,26,46H,4-7,15-16,18-20H2,1-3H3,(H,39,41)/t21-,22+/m0/s1. The van der Waals surface area contributed by atoms with Crippen molar-refractivity contribution in [3.63, 3.8) is 0 Å². The highest BCUT2D eigenvalue weighted by Gasteiger charge is 2.36. The normalized spacial score (nSPS) is 19.8. The van der Waals surface area contributed by atoms with Gasteiger partial charge in [0, 0.05) is 65.9 Å². The van der Waals surface area contributed by atoms with Crippen LogP contribution >= 0.6 is 11.3 Å². The fourth-order valence-electron chi connectivity index (χ4n) is 7.71. The maximum atomic E-state index is 15.4. The molecule has 2 atom stereocenters. The second-order valence-electron chi connectivity index (χ2n) is 13.7. The van der Waals surface area contributed by atoms with Gasteiger partial charge >= 0.3 is 0 Å². The fraction of sp³-hybridized carbons (Fsp3) is 0.405. The molecule has 4 aromatic heterocycles. The number of anilines is 3. The van der Waals surface area contributed by atoms with Crippen molar-refractivity contribution >= 4 is 38.6 Å². The maximum Gasteiger partial charge on any atom is 0.289 e. The molecule has 1 aliphatic carbocycles. The first-order valence-corrected chi connectivity index (χ1v) is 18.0. The molecule has 2 fully saturated rings. The fourth-order valence-corrected chi connectivity index (χ4v) is 9.00. The van der Waals surface area contributed by atoms with Gasteiger partial charge in [-0.1, -0.05) is 0 Å². The number of rotatable bonds is 7. The van der Waals surface area contributed by atoms with Crippen molar-refractivity contribution in [3.05, 3.63) is 91.5 Å². The van der Waals surface area contributed by atoms with Crippen molar-refractivity contribution in [1.82, 2.24) is 24.2 Å². The summed E-state index contributed by atoms with van der Waals surface area (Å²) in [6.45, 7) is 7.41. The number of ether oxygens (including phenoxy) is 1. The van der Waals surface area contributed by atoms with Gasteiger partial charge < -0.3 is 24.6 Å². The largest absolute Gasteiger partial charge is 0.392 e.